The summed E-state index contributed by atoms with van der Waals surface area (Å²) in [4.78, 5) is 24.3. The molecule has 1 atom stereocenters. The van der Waals surface area contributed by atoms with Crippen LogP contribution in [0.15, 0.2) is 18.2 Å². The van der Waals surface area contributed by atoms with Gasteiger partial charge in [-0.1, -0.05) is 11.6 Å². The van der Waals surface area contributed by atoms with Gasteiger partial charge < -0.3 is 10.1 Å². The number of amides is 1. The summed E-state index contributed by atoms with van der Waals surface area (Å²) >= 11 is 5.84. The molecule has 0 saturated carbocycles. The number of sulfonamides is 1. The monoisotopic (exact) mass is 406 g/mol. The van der Waals surface area contributed by atoms with Crippen LogP contribution in [-0.2, 0) is 24.3 Å². The lowest BCUT2D eigenvalue weighted by Crippen LogP contribution is -2.41. The smallest absolute Gasteiger partial charge is 0.309 e. The largest absolute Gasteiger partial charge is 0.452 e. The number of hydrogen-bond acceptors (Lipinski definition) is 5. The van der Waals surface area contributed by atoms with Crippen molar-refractivity contribution in [3.05, 3.63) is 29.0 Å². The maximum Gasteiger partial charge on any atom is 0.309 e. The van der Waals surface area contributed by atoms with Gasteiger partial charge in [-0.05, 0) is 38.0 Å². The molecule has 2 rings (SSSR count). The third kappa shape index (κ3) is 5.39. The molecule has 1 N–H and O–H groups in total. The lowest BCUT2D eigenvalue weighted by atomic mass is 9.98. The number of esters is 1. The highest BCUT2D eigenvalue weighted by Gasteiger charge is 2.31. The van der Waals surface area contributed by atoms with E-state index in [4.69, 9.17) is 16.3 Å². The minimum absolute atomic E-state index is 0.0324. The van der Waals surface area contributed by atoms with Gasteiger partial charge in [0.2, 0.25) is 10.0 Å². The molecule has 1 unspecified atom stereocenters. The van der Waals surface area contributed by atoms with Crippen molar-refractivity contribution >= 4 is 39.2 Å². The Hall–Kier alpha value is -1.71. The Bertz CT molecular complexity index is 794. The minimum atomic E-state index is -3.28. The van der Waals surface area contributed by atoms with Crippen molar-refractivity contribution in [2.24, 2.45) is 5.92 Å². The highest BCUT2D eigenvalue weighted by molar-refractivity contribution is 7.88. The Kier molecular flexibility index (Phi) is 6.59. The summed E-state index contributed by atoms with van der Waals surface area (Å²) in [6.07, 6.45) is 0.726. The first-order chi connectivity index (χ1) is 12.1. The van der Waals surface area contributed by atoms with Crippen molar-refractivity contribution in [1.82, 2.24) is 4.31 Å². The number of ether oxygens (including phenoxy) is 1. The summed E-state index contributed by atoms with van der Waals surface area (Å²) in [6.45, 7) is 1.89. The van der Waals surface area contributed by atoms with E-state index in [-0.39, 0.29) is 23.8 Å². The quantitative estimate of drug-likeness (QED) is 0.755. The molecule has 0 spiro atoms. The molecule has 144 valence electrons. The molecule has 1 aliphatic rings. The summed E-state index contributed by atoms with van der Waals surface area (Å²) in [5.74, 6) is -2.14. The lowest BCUT2D eigenvalue weighted by molar-refractivity contribution is -0.158. The highest BCUT2D eigenvalue weighted by Crippen LogP contribution is 2.24. The first kappa shape index (κ1) is 20.6. The van der Waals surface area contributed by atoms with Crippen molar-refractivity contribution in [3.63, 3.8) is 0 Å². The summed E-state index contributed by atoms with van der Waals surface area (Å²) in [7, 11) is -3.28. The molecule has 1 saturated heterocycles. The van der Waals surface area contributed by atoms with Gasteiger partial charge >= 0.3 is 5.97 Å². The molecular formula is C16H20ClFN2O5S. The molecule has 1 heterocycles. The van der Waals surface area contributed by atoms with Gasteiger partial charge in [0.1, 0.15) is 5.82 Å². The van der Waals surface area contributed by atoms with Gasteiger partial charge in [-0.25, -0.2) is 17.1 Å². The van der Waals surface area contributed by atoms with Gasteiger partial charge in [0.25, 0.3) is 5.91 Å². The zero-order chi connectivity index (χ0) is 19.5. The average molecular weight is 407 g/mol. The predicted molar refractivity (Wildman–Crippen MR) is 94.7 cm³/mol. The SMILES string of the molecule is CC(OC(=O)C1CCN(S(C)(=O)=O)CC1)C(=O)Nc1ccc(F)cc1Cl. The topological polar surface area (TPSA) is 92.8 Å². The van der Waals surface area contributed by atoms with Gasteiger partial charge in [-0.3, -0.25) is 9.59 Å². The van der Waals surface area contributed by atoms with Crippen LogP contribution in [0.4, 0.5) is 10.1 Å². The Morgan fingerprint density at radius 1 is 1.35 bits per heavy atom. The van der Waals surface area contributed by atoms with Crippen LogP contribution in [0.3, 0.4) is 0 Å². The highest BCUT2D eigenvalue weighted by atomic mass is 35.5. The van der Waals surface area contributed by atoms with E-state index >= 15 is 0 Å². The number of hydrogen-bond donors (Lipinski definition) is 1. The zero-order valence-electron chi connectivity index (χ0n) is 14.4. The summed E-state index contributed by atoms with van der Waals surface area (Å²) in [5, 5.41) is 2.50. The molecule has 7 nitrogen and oxygen atoms in total. The second-order valence-electron chi connectivity index (χ2n) is 6.13. The van der Waals surface area contributed by atoms with E-state index in [1.54, 1.807) is 0 Å². The number of carbonyl (C=O) groups excluding carboxylic acids is 2. The normalized spacial score (nSPS) is 17.5. The van der Waals surface area contributed by atoms with Gasteiger partial charge in [-0.15, -0.1) is 0 Å². The maximum atomic E-state index is 13.0. The van der Waals surface area contributed by atoms with Crippen LogP contribution in [0.25, 0.3) is 0 Å². The van der Waals surface area contributed by atoms with E-state index in [0.29, 0.717) is 12.8 Å². The van der Waals surface area contributed by atoms with Crippen molar-refractivity contribution in [2.45, 2.75) is 25.9 Å². The van der Waals surface area contributed by atoms with Crippen LogP contribution < -0.4 is 5.32 Å². The maximum absolute atomic E-state index is 13.0. The molecule has 1 fully saturated rings. The van der Waals surface area contributed by atoms with Crippen LogP contribution in [-0.4, -0.2) is 50.0 Å². The van der Waals surface area contributed by atoms with Crippen LogP contribution in [0.5, 0.6) is 0 Å². The molecule has 1 aliphatic heterocycles. The van der Waals surface area contributed by atoms with Crippen LogP contribution in [0.2, 0.25) is 5.02 Å². The van der Waals surface area contributed by atoms with E-state index in [1.165, 1.54) is 17.3 Å². The number of carbonyl (C=O) groups is 2. The Morgan fingerprint density at radius 3 is 2.50 bits per heavy atom. The van der Waals surface area contributed by atoms with Gasteiger partial charge in [0.15, 0.2) is 6.10 Å². The fourth-order valence-corrected chi connectivity index (χ4v) is 3.66. The minimum Gasteiger partial charge on any atom is -0.452 e. The van der Waals surface area contributed by atoms with Crippen molar-refractivity contribution in [2.75, 3.05) is 24.7 Å². The van der Waals surface area contributed by atoms with Crippen LogP contribution in [0, 0.1) is 11.7 Å². The predicted octanol–water partition coefficient (Wildman–Crippen LogP) is 2.02. The number of nitrogens with zero attached hydrogens (tertiary/aromatic N) is 1. The first-order valence-electron chi connectivity index (χ1n) is 7.99. The standard InChI is InChI=1S/C16H20ClFN2O5S/c1-10(15(21)19-14-4-3-12(18)9-13(14)17)25-16(22)11-5-7-20(8-6-11)26(2,23)24/h3-4,9-11H,5-8H2,1-2H3,(H,19,21). The fourth-order valence-electron chi connectivity index (χ4n) is 2.57. The first-order valence-corrected chi connectivity index (χ1v) is 10.2. The number of anilines is 1. The molecule has 0 aromatic heterocycles. The van der Waals surface area contributed by atoms with E-state index < -0.39 is 39.7 Å². The second-order valence-corrected chi connectivity index (χ2v) is 8.52. The van der Waals surface area contributed by atoms with Crippen LogP contribution >= 0.6 is 11.6 Å². The molecule has 1 aromatic rings. The van der Waals surface area contributed by atoms with E-state index in [0.717, 1.165) is 18.4 Å². The number of nitrogens with one attached hydrogen (secondary N) is 1. The Labute approximate surface area is 156 Å². The molecule has 1 amide bonds. The molecule has 10 heteroatoms. The molecule has 0 bridgehead atoms. The zero-order valence-corrected chi connectivity index (χ0v) is 15.9. The van der Waals surface area contributed by atoms with Crippen molar-refractivity contribution < 1.29 is 27.1 Å². The lowest BCUT2D eigenvalue weighted by Gasteiger charge is -2.29. The third-order valence-electron chi connectivity index (χ3n) is 4.11. The summed E-state index contributed by atoms with van der Waals surface area (Å²) < 4.78 is 42.4. The van der Waals surface area contributed by atoms with Crippen molar-refractivity contribution in [3.8, 4) is 0 Å². The fraction of sp³-hybridized carbons (Fsp3) is 0.500. The van der Waals surface area contributed by atoms with Crippen LogP contribution in [0.1, 0.15) is 19.8 Å². The molecule has 0 aliphatic carbocycles. The number of benzene rings is 1. The van der Waals surface area contributed by atoms with Gasteiger partial charge in [-0.2, -0.15) is 0 Å². The average Bonchev–Trinajstić information content (AvgIpc) is 2.56. The third-order valence-corrected chi connectivity index (χ3v) is 5.72. The van der Waals surface area contributed by atoms with E-state index in [9.17, 15) is 22.4 Å². The van der Waals surface area contributed by atoms with Gasteiger partial charge in [0.05, 0.1) is 22.9 Å². The second kappa shape index (κ2) is 8.32. The summed E-state index contributed by atoms with van der Waals surface area (Å²) in [5.41, 5.74) is 0.211. The number of halogens is 2. The molecule has 1 aromatic carbocycles. The molecule has 0 radical (unpaired) electrons. The Balaban J connectivity index is 1.87. The summed E-state index contributed by atoms with van der Waals surface area (Å²) in [6, 6.07) is 3.52. The number of piperidine rings is 1. The van der Waals surface area contributed by atoms with E-state index in [1.807, 2.05) is 0 Å². The molecule has 26 heavy (non-hydrogen) atoms. The molecular weight excluding hydrogens is 387 g/mol. The van der Waals surface area contributed by atoms with Gasteiger partial charge in [0, 0.05) is 13.1 Å². The van der Waals surface area contributed by atoms with Crippen molar-refractivity contribution in [1.29, 1.82) is 0 Å². The number of rotatable bonds is 5. The Morgan fingerprint density at radius 2 is 1.96 bits per heavy atom. The van der Waals surface area contributed by atoms with E-state index in [2.05, 4.69) is 5.32 Å².